The molecule has 0 atom stereocenters. The fourth-order valence-corrected chi connectivity index (χ4v) is 2.72. The van der Waals surface area contributed by atoms with Crippen molar-refractivity contribution in [3.8, 4) is 0 Å². The van der Waals surface area contributed by atoms with Gasteiger partial charge >= 0.3 is 0 Å². The van der Waals surface area contributed by atoms with Gasteiger partial charge in [0.2, 0.25) is 0 Å². The monoisotopic (exact) mass is 308 g/mol. The number of nitrogens with one attached hydrogen (secondary N) is 1. The normalized spacial score (nSPS) is 11.6. The summed E-state index contributed by atoms with van der Waals surface area (Å²) >= 11 is 3.57. The minimum absolute atomic E-state index is 0.687. The summed E-state index contributed by atoms with van der Waals surface area (Å²) in [4.78, 5) is 0. The average molecular weight is 309 g/mol. The van der Waals surface area contributed by atoms with Gasteiger partial charge in [-0.05, 0) is 43.1 Å². The lowest BCUT2D eigenvalue weighted by atomic mass is 10.0. The summed E-state index contributed by atoms with van der Waals surface area (Å²) in [6.07, 6.45) is 3.45. The van der Waals surface area contributed by atoms with Crippen molar-refractivity contribution in [2.24, 2.45) is 5.92 Å². The molecule has 0 radical (unpaired) electrons. The first-order valence-electron chi connectivity index (χ1n) is 6.53. The molecule has 0 saturated carbocycles. The molecule has 0 aliphatic rings. The van der Waals surface area contributed by atoms with Crippen LogP contribution in [0.3, 0.4) is 0 Å². The molecular weight excluding hydrogens is 288 g/mol. The number of benzene rings is 1. The van der Waals surface area contributed by atoms with Crippen molar-refractivity contribution in [3.05, 3.63) is 34.4 Å². The molecule has 2 nitrogen and oxygen atoms in total. The predicted molar refractivity (Wildman–Crippen MR) is 82.1 cm³/mol. The maximum atomic E-state index is 3.57. The van der Waals surface area contributed by atoms with Gasteiger partial charge in [-0.15, -0.1) is 0 Å². The van der Waals surface area contributed by atoms with Gasteiger partial charge in [0.25, 0.3) is 0 Å². The Bertz CT molecular complexity index is 529. The van der Waals surface area contributed by atoms with Crippen LogP contribution in [0, 0.1) is 5.92 Å². The molecule has 1 aromatic heterocycles. The highest BCUT2D eigenvalue weighted by Gasteiger charge is 2.10. The second-order valence-corrected chi connectivity index (χ2v) is 6.13. The van der Waals surface area contributed by atoms with E-state index in [1.807, 2.05) is 7.05 Å². The highest BCUT2D eigenvalue weighted by molar-refractivity contribution is 9.10. The molecule has 1 N–H and O–H groups in total. The van der Waals surface area contributed by atoms with Gasteiger partial charge in [-0.2, -0.15) is 0 Å². The molecule has 0 amide bonds. The lowest BCUT2D eigenvalue weighted by Gasteiger charge is -2.04. The maximum Gasteiger partial charge on any atom is 0.0484 e. The molecule has 2 rings (SSSR count). The van der Waals surface area contributed by atoms with E-state index in [-0.39, 0.29) is 0 Å². The van der Waals surface area contributed by atoms with E-state index in [2.05, 4.69) is 64.1 Å². The molecule has 0 aliphatic heterocycles. The predicted octanol–water partition coefficient (Wildman–Crippen LogP) is 3.82. The van der Waals surface area contributed by atoms with Gasteiger partial charge in [-0.1, -0.05) is 29.8 Å². The van der Waals surface area contributed by atoms with Crippen molar-refractivity contribution >= 4 is 26.8 Å². The van der Waals surface area contributed by atoms with Crippen LogP contribution in [0.25, 0.3) is 10.9 Å². The molecule has 0 unspecified atom stereocenters. The van der Waals surface area contributed by atoms with Crippen LogP contribution in [0.2, 0.25) is 0 Å². The van der Waals surface area contributed by atoms with Gasteiger partial charge in [0.15, 0.2) is 0 Å². The summed E-state index contributed by atoms with van der Waals surface area (Å²) < 4.78 is 3.52. The number of nitrogens with zero attached hydrogens (tertiary/aromatic N) is 1. The Kier molecular flexibility index (Phi) is 4.46. The maximum absolute atomic E-state index is 3.57. The highest BCUT2D eigenvalue weighted by Crippen LogP contribution is 2.27. The number of aromatic nitrogens is 1. The van der Waals surface area contributed by atoms with Gasteiger partial charge in [-0.25, -0.2) is 0 Å². The molecule has 0 aliphatic carbocycles. The van der Waals surface area contributed by atoms with E-state index in [1.165, 1.54) is 16.5 Å². The number of hydrogen-bond acceptors (Lipinski definition) is 1. The number of likely N-dealkylation sites (N-methyl/N-ethyl adjacent to an activating group) is 1. The van der Waals surface area contributed by atoms with Crippen LogP contribution >= 0.6 is 15.9 Å². The third-order valence-electron chi connectivity index (χ3n) is 3.16. The Labute approximate surface area is 118 Å². The van der Waals surface area contributed by atoms with Crippen molar-refractivity contribution in [1.82, 2.24) is 9.88 Å². The second kappa shape index (κ2) is 5.89. The first-order valence-corrected chi connectivity index (χ1v) is 7.33. The van der Waals surface area contributed by atoms with Crippen molar-refractivity contribution in [2.45, 2.75) is 26.8 Å². The molecule has 0 bridgehead atoms. The molecule has 3 heteroatoms. The van der Waals surface area contributed by atoms with Crippen LogP contribution in [0.1, 0.15) is 19.4 Å². The van der Waals surface area contributed by atoms with E-state index in [9.17, 15) is 0 Å². The Morgan fingerprint density at radius 3 is 2.78 bits per heavy atom. The van der Waals surface area contributed by atoms with Crippen LogP contribution in [-0.4, -0.2) is 18.2 Å². The zero-order valence-electron chi connectivity index (χ0n) is 11.3. The Morgan fingerprint density at radius 1 is 1.33 bits per heavy atom. The van der Waals surface area contributed by atoms with Crippen LogP contribution in [0.4, 0.5) is 0 Å². The van der Waals surface area contributed by atoms with Crippen molar-refractivity contribution in [3.63, 3.8) is 0 Å². The first kappa shape index (κ1) is 13.6. The van der Waals surface area contributed by atoms with Gasteiger partial charge in [0.05, 0.1) is 0 Å². The summed E-state index contributed by atoms with van der Waals surface area (Å²) in [6.45, 7) is 6.57. The van der Waals surface area contributed by atoms with Gasteiger partial charge < -0.3 is 9.88 Å². The summed E-state index contributed by atoms with van der Waals surface area (Å²) in [5.41, 5.74) is 2.79. The molecule has 1 aromatic carbocycles. The van der Waals surface area contributed by atoms with Gasteiger partial charge in [0.1, 0.15) is 0 Å². The number of rotatable bonds is 5. The fourth-order valence-electron chi connectivity index (χ4n) is 2.36. The SMILES string of the molecule is CNCCn1cc(CC(C)C)c2cc(Br)ccc21. The molecule has 1 heterocycles. The minimum atomic E-state index is 0.687. The molecular formula is C15H21BrN2. The van der Waals surface area contributed by atoms with Crippen LogP contribution in [0.5, 0.6) is 0 Å². The van der Waals surface area contributed by atoms with E-state index < -0.39 is 0 Å². The largest absolute Gasteiger partial charge is 0.346 e. The topological polar surface area (TPSA) is 17.0 Å². The number of halogens is 1. The highest BCUT2D eigenvalue weighted by atomic mass is 79.9. The number of fused-ring (bicyclic) bond motifs is 1. The van der Waals surface area contributed by atoms with Crippen molar-refractivity contribution < 1.29 is 0 Å². The third-order valence-corrected chi connectivity index (χ3v) is 3.65. The lowest BCUT2D eigenvalue weighted by molar-refractivity contribution is 0.636. The Hall–Kier alpha value is -0.800. The van der Waals surface area contributed by atoms with E-state index in [4.69, 9.17) is 0 Å². The van der Waals surface area contributed by atoms with Crippen molar-refractivity contribution in [2.75, 3.05) is 13.6 Å². The fraction of sp³-hybridized carbons (Fsp3) is 0.467. The minimum Gasteiger partial charge on any atom is -0.346 e. The van der Waals surface area contributed by atoms with Gasteiger partial charge in [0, 0.05) is 34.7 Å². The summed E-state index contributed by atoms with van der Waals surface area (Å²) in [7, 11) is 2.00. The molecule has 0 fully saturated rings. The Balaban J connectivity index is 2.45. The summed E-state index contributed by atoms with van der Waals surface area (Å²) in [5, 5.41) is 4.60. The van der Waals surface area contributed by atoms with E-state index >= 15 is 0 Å². The molecule has 0 saturated heterocycles. The second-order valence-electron chi connectivity index (χ2n) is 5.21. The molecule has 2 aromatic rings. The van der Waals surface area contributed by atoms with Gasteiger partial charge in [-0.3, -0.25) is 0 Å². The Morgan fingerprint density at radius 2 is 2.11 bits per heavy atom. The van der Waals surface area contributed by atoms with E-state index in [0.717, 1.165) is 24.0 Å². The zero-order valence-corrected chi connectivity index (χ0v) is 12.9. The zero-order chi connectivity index (χ0) is 13.1. The van der Waals surface area contributed by atoms with Crippen LogP contribution in [-0.2, 0) is 13.0 Å². The standard InChI is InChI=1S/C15H21BrN2/c1-11(2)8-12-10-18(7-6-17-3)15-5-4-13(16)9-14(12)15/h4-5,9-11,17H,6-8H2,1-3H3. The number of hydrogen-bond donors (Lipinski definition) is 1. The summed E-state index contributed by atoms with van der Waals surface area (Å²) in [5.74, 6) is 0.687. The van der Waals surface area contributed by atoms with Crippen molar-refractivity contribution in [1.29, 1.82) is 0 Å². The molecule has 98 valence electrons. The van der Waals surface area contributed by atoms with E-state index in [0.29, 0.717) is 5.92 Å². The van der Waals surface area contributed by atoms with Crippen LogP contribution in [0.15, 0.2) is 28.9 Å². The molecule has 18 heavy (non-hydrogen) atoms. The quantitative estimate of drug-likeness (QED) is 0.888. The van der Waals surface area contributed by atoms with E-state index in [1.54, 1.807) is 0 Å². The average Bonchev–Trinajstić information content (AvgIpc) is 2.64. The third kappa shape index (κ3) is 2.96. The first-order chi connectivity index (χ1) is 8.61. The summed E-state index contributed by atoms with van der Waals surface area (Å²) in [6, 6.07) is 6.57. The lowest BCUT2D eigenvalue weighted by Crippen LogP contribution is -2.14. The van der Waals surface area contributed by atoms with Crippen LogP contribution < -0.4 is 5.32 Å². The molecule has 0 spiro atoms. The smallest absolute Gasteiger partial charge is 0.0484 e.